The second-order valence-corrected chi connectivity index (χ2v) is 3.50. The SMILES string of the molecule is O=C(O)CC[C@H](NC(=O)NCc1ncon1)C(=O)O. The van der Waals surface area contributed by atoms with Gasteiger partial charge >= 0.3 is 18.0 Å². The molecule has 0 aliphatic heterocycles. The average Bonchev–Trinajstić information content (AvgIpc) is 2.84. The number of amides is 2. The standard InChI is InChI=1S/C9H12N4O6/c14-7(15)2-1-5(8(16)17)12-9(18)10-3-6-11-4-19-13-6/h4-5H,1-3H2,(H,14,15)(H,16,17)(H2,10,12,18)/t5-/m0/s1. The van der Waals surface area contributed by atoms with Crippen molar-refractivity contribution in [1.82, 2.24) is 20.8 Å². The lowest BCUT2D eigenvalue weighted by Gasteiger charge is -2.13. The summed E-state index contributed by atoms with van der Waals surface area (Å²) in [5, 5.41) is 25.2. The Morgan fingerprint density at radius 3 is 2.63 bits per heavy atom. The molecule has 10 nitrogen and oxygen atoms in total. The van der Waals surface area contributed by atoms with Crippen LogP contribution < -0.4 is 10.6 Å². The van der Waals surface area contributed by atoms with Crippen molar-refractivity contribution in [3.05, 3.63) is 12.2 Å². The number of carboxylic acids is 2. The summed E-state index contributed by atoms with van der Waals surface area (Å²) in [5.74, 6) is -2.22. The van der Waals surface area contributed by atoms with Crippen molar-refractivity contribution in [3.8, 4) is 0 Å². The van der Waals surface area contributed by atoms with E-state index in [1.807, 2.05) is 0 Å². The second-order valence-electron chi connectivity index (χ2n) is 3.50. The first kappa shape index (κ1) is 14.4. The van der Waals surface area contributed by atoms with E-state index in [1.165, 1.54) is 0 Å². The molecule has 19 heavy (non-hydrogen) atoms. The Morgan fingerprint density at radius 2 is 2.11 bits per heavy atom. The molecule has 0 fully saturated rings. The molecular weight excluding hydrogens is 260 g/mol. The van der Waals surface area contributed by atoms with Crippen molar-refractivity contribution in [3.63, 3.8) is 0 Å². The molecular formula is C9H12N4O6. The van der Waals surface area contributed by atoms with E-state index in [2.05, 4.69) is 25.3 Å². The fourth-order valence-corrected chi connectivity index (χ4v) is 1.16. The van der Waals surface area contributed by atoms with Crippen LogP contribution in [-0.4, -0.2) is 44.4 Å². The van der Waals surface area contributed by atoms with E-state index in [4.69, 9.17) is 10.2 Å². The highest BCUT2D eigenvalue weighted by molar-refractivity contribution is 5.82. The van der Waals surface area contributed by atoms with E-state index >= 15 is 0 Å². The average molecular weight is 272 g/mol. The molecule has 1 aromatic heterocycles. The van der Waals surface area contributed by atoms with Gasteiger partial charge in [-0.3, -0.25) is 4.79 Å². The van der Waals surface area contributed by atoms with Gasteiger partial charge in [-0.1, -0.05) is 5.16 Å². The Balaban J connectivity index is 2.38. The van der Waals surface area contributed by atoms with Gasteiger partial charge in [-0.2, -0.15) is 4.98 Å². The van der Waals surface area contributed by atoms with Crippen LogP contribution in [0.1, 0.15) is 18.7 Å². The van der Waals surface area contributed by atoms with Crippen LogP contribution in [0.25, 0.3) is 0 Å². The molecule has 0 aliphatic rings. The van der Waals surface area contributed by atoms with Gasteiger partial charge in [0, 0.05) is 6.42 Å². The topological polar surface area (TPSA) is 155 Å². The quantitative estimate of drug-likeness (QED) is 0.502. The summed E-state index contributed by atoms with van der Waals surface area (Å²) < 4.78 is 4.44. The minimum absolute atomic E-state index is 0.0341. The number of nitrogens with zero attached hydrogens (tertiary/aromatic N) is 2. The van der Waals surface area contributed by atoms with Crippen molar-refractivity contribution < 1.29 is 29.1 Å². The Labute approximate surface area is 106 Å². The maximum Gasteiger partial charge on any atom is 0.326 e. The van der Waals surface area contributed by atoms with Gasteiger partial charge in [0.2, 0.25) is 6.39 Å². The Kier molecular flexibility index (Phi) is 5.26. The maximum absolute atomic E-state index is 11.4. The second kappa shape index (κ2) is 6.93. The monoisotopic (exact) mass is 272 g/mol. The van der Waals surface area contributed by atoms with E-state index in [9.17, 15) is 14.4 Å². The Hall–Kier alpha value is -2.65. The number of hydrogen-bond acceptors (Lipinski definition) is 6. The molecule has 0 spiro atoms. The van der Waals surface area contributed by atoms with E-state index in [1.54, 1.807) is 0 Å². The minimum atomic E-state index is -1.31. The largest absolute Gasteiger partial charge is 0.481 e. The number of aliphatic carboxylic acids is 2. The molecule has 1 heterocycles. The first-order valence-electron chi connectivity index (χ1n) is 5.23. The predicted molar refractivity (Wildman–Crippen MR) is 58.0 cm³/mol. The molecule has 4 N–H and O–H groups in total. The summed E-state index contributed by atoms with van der Waals surface area (Å²) >= 11 is 0. The number of aromatic nitrogens is 2. The minimum Gasteiger partial charge on any atom is -0.481 e. The van der Waals surface area contributed by atoms with Gasteiger partial charge in [-0.15, -0.1) is 0 Å². The summed E-state index contributed by atoms with van der Waals surface area (Å²) in [5.41, 5.74) is 0. The number of hydrogen-bond donors (Lipinski definition) is 4. The predicted octanol–water partition coefficient (Wildman–Crippen LogP) is -0.813. The van der Waals surface area contributed by atoms with Crippen LogP contribution in [0.4, 0.5) is 4.79 Å². The molecule has 0 bridgehead atoms. The molecule has 0 aromatic carbocycles. The molecule has 0 saturated heterocycles. The van der Waals surface area contributed by atoms with Crippen molar-refractivity contribution in [2.24, 2.45) is 0 Å². The first-order chi connectivity index (χ1) is 8.99. The maximum atomic E-state index is 11.4. The van der Waals surface area contributed by atoms with Crippen LogP contribution in [0.3, 0.4) is 0 Å². The molecule has 1 rings (SSSR count). The van der Waals surface area contributed by atoms with Gasteiger partial charge < -0.3 is 25.4 Å². The fraction of sp³-hybridized carbons (Fsp3) is 0.444. The van der Waals surface area contributed by atoms with E-state index in [-0.39, 0.29) is 25.2 Å². The molecule has 0 unspecified atom stereocenters. The van der Waals surface area contributed by atoms with Gasteiger partial charge in [0.15, 0.2) is 5.82 Å². The van der Waals surface area contributed by atoms with Crippen molar-refractivity contribution >= 4 is 18.0 Å². The third-order valence-electron chi connectivity index (χ3n) is 2.06. The lowest BCUT2D eigenvalue weighted by Crippen LogP contribution is -2.46. The number of carboxylic acid groups (broad SMARTS) is 2. The summed E-state index contributed by atoms with van der Waals surface area (Å²) in [4.78, 5) is 36.2. The molecule has 10 heteroatoms. The highest BCUT2D eigenvalue weighted by Gasteiger charge is 2.20. The van der Waals surface area contributed by atoms with Crippen LogP contribution in [-0.2, 0) is 16.1 Å². The zero-order valence-electron chi connectivity index (χ0n) is 9.70. The summed E-state index contributed by atoms with van der Waals surface area (Å²) in [6.45, 7) is -0.0341. The molecule has 2 amide bonds. The van der Waals surface area contributed by atoms with Crippen LogP contribution in [0, 0.1) is 0 Å². The third kappa shape index (κ3) is 5.48. The van der Waals surface area contributed by atoms with Gasteiger partial charge in [0.1, 0.15) is 6.04 Å². The van der Waals surface area contributed by atoms with Crippen molar-refractivity contribution in [2.75, 3.05) is 0 Å². The zero-order valence-corrected chi connectivity index (χ0v) is 9.70. The number of rotatable bonds is 7. The lowest BCUT2D eigenvalue weighted by molar-refractivity contribution is -0.140. The normalized spacial score (nSPS) is 11.6. The number of carbonyl (C=O) groups is 3. The molecule has 0 aliphatic carbocycles. The highest BCUT2D eigenvalue weighted by Crippen LogP contribution is 1.98. The lowest BCUT2D eigenvalue weighted by atomic mass is 10.1. The first-order valence-corrected chi connectivity index (χ1v) is 5.23. The van der Waals surface area contributed by atoms with Crippen molar-refractivity contribution in [1.29, 1.82) is 0 Å². The third-order valence-corrected chi connectivity index (χ3v) is 2.06. The molecule has 104 valence electrons. The zero-order chi connectivity index (χ0) is 14.3. The number of urea groups is 1. The van der Waals surface area contributed by atoms with Gasteiger partial charge in [-0.05, 0) is 6.42 Å². The highest BCUT2D eigenvalue weighted by atomic mass is 16.5. The summed E-state index contributed by atoms with van der Waals surface area (Å²) in [7, 11) is 0. The van der Waals surface area contributed by atoms with Crippen LogP contribution in [0.5, 0.6) is 0 Å². The smallest absolute Gasteiger partial charge is 0.326 e. The molecule has 1 atom stereocenters. The van der Waals surface area contributed by atoms with Gasteiger partial charge in [-0.25, -0.2) is 9.59 Å². The molecule has 1 aromatic rings. The Bertz CT molecular complexity index is 446. The van der Waals surface area contributed by atoms with Crippen LogP contribution in [0.15, 0.2) is 10.9 Å². The number of nitrogens with one attached hydrogen (secondary N) is 2. The fourth-order valence-electron chi connectivity index (χ4n) is 1.16. The van der Waals surface area contributed by atoms with Crippen LogP contribution in [0.2, 0.25) is 0 Å². The summed E-state index contributed by atoms with van der Waals surface area (Å²) in [6.07, 6.45) is 0.518. The van der Waals surface area contributed by atoms with Crippen molar-refractivity contribution in [2.45, 2.75) is 25.4 Å². The number of carbonyl (C=O) groups excluding carboxylic acids is 1. The Morgan fingerprint density at radius 1 is 1.37 bits per heavy atom. The molecule has 0 saturated carbocycles. The van der Waals surface area contributed by atoms with E-state index in [0.29, 0.717) is 0 Å². The van der Waals surface area contributed by atoms with Crippen LogP contribution >= 0.6 is 0 Å². The molecule has 0 radical (unpaired) electrons. The van der Waals surface area contributed by atoms with Gasteiger partial charge in [0.25, 0.3) is 0 Å². The summed E-state index contributed by atoms with van der Waals surface area (Å²) in [6, 6.07) is -2.04. The van der Waals surface area contributed by atoms with Gasteiger partial charge in [0.05, 0.1) is 6.54 Å². The van der Waals surface area contributed by atoms with E-state index in [0.717, 1.165) is 6.39 Å². The van der Waals surface area contributed by atoms with E-state index < -0.39 is 24.0 Å².